The Kier molecular flexibility index (Phi) is 6.26. The van der Waals surface area contributed by atoms with Gasteiger partial charge in [-0.2, -0.15) is 5.10 Å². The number of pyridine rings is 1. The molecule has 5 rings (SSSR count). The number of nitrogens with one attached hydrogen (secondary N) is 1. The number of halogens is 1. The standard InChI is InChI=1S/C25H31FN6O/c1-30-17-20(15-27-30)32-12-10-31(11-13-32)16-18-14-23(25(33)28-19-6-3-2-4-7-19)29-24-21(18)8-5-9-22(24)26/h5,8-9,14-15,17,19H,2-4,6-7,10-13,16H2,1H3,(H,28,33). The second-order valence-corrected chi connectivity index (χ2v) is 9.25. The van der Waals surface area contributed by atoms with Crippen LogP contribution in [0, 0.1) is 5.82 Å². The highest BCUT2D eigenvalue weighted by atomic mass is 19.1. The van der Waals surface area contributed by atoms with Crippen molar-refractivity contribution in [2.75, 3.05) is 31.1 Å². The molecule has 1 aliphatic heterocycles. The third kappa shape index (κ3) is 4.85. The molecule has 1 saturated carbocycles. The first-order valence-corrected chi connectivity index (χ1v) is 11.9. The number of hydrogen-bond donors (Lipinski definition) is 1. The number of anilines is 1. The zero-order valence-electron chi connectivity index (χ0n) is 19.1. The zero-order chi connectivity index (χ0) is 22.8. The molecule has 0 radical (unpaired) electrons. The molecule has 0 spiro atoms. The monoisotopic (exact) mass is 450 g/mol. The van der Waals surface area contributed by atoms with Gasteiger partial charge in [-0.1, -0.05) is 31.4 Å². The molecule has 0 unspecified atom stereocenters. The van der Waals surface area contributed by atoms with E-state index in [2.05, 4.69) is 25.2 Å². The lowest BCUT2D eigenvalue weighted by molar-refractivity contribution is 0.0923. The predicted octanol–water partition coefficient (Wildman–Crippen LogP) is 3.49. The maximum atomic E-state index is 14.7. The Balaban J connectivity index is 1.34. The highest BCUT2D eigenvalue weighted by Gasteiger charge is 2.22. The summed E-state index contributed by atoms with van der Waals surface area (Å²) in [7, 11) is 1.93. The van der Waals surface area contributed by atoms with Crippen molar-refractivity contribution in [3.63, 3.8) is 0 Å². The molecule has 3 heterocycles. The summed E-state index contributed by atoms with van der Waals surface area (Å²) in [6.07, 6.45) is 9.44. The first-order chi connectivity index (χ1) is 16.1. The maximum Gasteiger partial charge on any atom is 0.270 e. The Morgan fingerprint density at radius 1 is 1.15 bits per heavy atom. The first kappa shape index (κ1) is 21.8. The van der Waals surface area contributed by atoms with Gasteiger partial charge in [-0.15, -0.1) is 0 Å². The smallest absolute Gasteiger partial charge is 0.270 e. The Hall–Kier alpha value is -3.00. The summed E-state index contributed by atoms with van der Waals surface area (Å²) in [6.45, 7) is 4.23. The van der Waals surface area contributed by atoms with Gasteiger partial charge in [-0.25, -0.2) is 9.37 Å². The van der Waals surface area contributed by atoms with Crippen LogP contribution in [0.3, 0.4) is 0 Å². The van der Waals surface area contributed by atoms with Gasteiger partial charge in [-0.3, -0.25) is 14.4 Å². The van der Waals surface area contributed by atoms with Crippen molar-refractivity contribution in [2.45, 2.75) is 44.7 Å². The molecule has 0 bridgehead atoms. The fourth-order valence-electron chi connectivity index (χ4n) is 5.01. The number of nitrogens with zero attached hydrogens (tertiary/aromatic N) is 5. The van der Waals surface area contributed by atoms with Crippen molar-refractivity contribution in [1.82, 2.24) is 25.0 Å². The Morgan fingerprint density at radius 2 is 1.94 bits per heavy atom. The molecule has 0 atom stereocenters. The molecule has 7 nitrogen and oxygen atoms in total. The van der Waals surface area contributed by atoms with Crippen LogP contribution in [0.2, 0.25) is 0 Å². The van der Waals surface area contributed by atoms with Gasteiger partial charge in [0.15, 0.2) is 0 Å². The Labute approximate surface area is 193 Å². The average Bonchev–Trinajstić information content (AvgIpc) is 3.27. The number of para-hydroxylation sites is 1. The number of benzene rings is 1. The number of piperazine rings is 1. The summed E-state index contributed by atoms with van der Waals surface area (Å²) < 4.78 is 16.5. The number of hydrogen-bond acceptors (Lipinski definition) is 5. The number of amides is 1. The molecule has 1 aromatic carbocycles. The minimum Gasteiger partial charge on any atom is -0.366 e. The third-order valence-corrected chi connectivity index (χ3v) is 6.87. The van der Waals surface area contributed by atoms with Gasteiger partial charge < -0.3 is 10.2 Å². The second kappa shape index (κ2) is 9.47. The lowest BCUT2D eigenvalue weighted by Crippen LogP contribution is -2.46. The van der Waals surface area contributed by atoms with Crippen LogP contribution in [0.1, 0.15) is 48.2 Å². The largest absolute Gasteiger partial charge is 0.366 e. The molecule has 3 aromatic rings. The molecule has 2 aliphatic rings. The van der Waals surface area contributed by atoms with Crippen LogP contribution in [0.25, 0.3) is 10.9 Å². The van der Waals surface area contributed by atoms with E-state index in [1.807, 2.05) is 36.3 Å². The molecule has 1 N–H and O–H groups in total. The first-order valence-electron chi connectivity index (χ1n) is 11.9. The maximum absolute atomic E-state index is 14.7. The second-order valence-electron chi connectivity index (χ2n) is 9.25. The van der Waals surface area contributed by atoms with Crippen molar-refractivity contribution < 1.29 is 9.18 Å². The Bertz CT molecular complexity index is 1130. The topological polar surface area (TPSA) is 66.3 Å². The summed E-state index contributed by atoms with van der Waals surface area (Å²) in [4.78, 5) is 22.1. The third-order valence-electron chi connectivity index (χ3n) is 6.87. The quantitative estimate of drug-likeness (QED) is 0.645. The molecule has 1 aliphatic carbocycles. The van der Waals surface area contributed by atoms with E-state index in [9.17, 15) is 9.18 Å². The van der Waals surface area contributed by atoms with Crippen molar-refractivity contribution in [3.05, 3.63) is 53.7 Å². The highest BCUT2D eigenvalue weighted by Crippen LogP contribution is 2.24. The SMILES string of the molecule is Cn1cc(N2CCN(Cc3cc(C(=O)NC4CCCCC4)nc4c(F)cccc34)CC2)cn1. The Morgan fingerprint density at radius 3 is 2.67 bits per heavy atom. The predicted molar refractivity (Wildman–Crippen MR) is 127 cm³/mol. The van der Waals surface area contributed by atoms with E-state index in [1.165, 1.54) is 12.5 Å². The van der Waals surface area contributed by atoms with Gasteiger partial charge in [0, 0.05) is 57.4 Å². The molecule has 2 aromatic heterocycles. The van der Waals surface area contributed by atoms with Gasteiger partial charge in [-0.05, 0) is 30.5 Å². The van der Waals surface area contributed by atoms with E-state index in [0.717, 1.165) is 68.5 Å². The van der Waals surface area contributed by atoms with Crippen molar-refractivity contribution in [2.24, 2.45) is 7.05 Å². The number of carbonyl (C=O) groups excluding carboxylic acids is 1. The number of aryl methyl sites for hydroxylation is 1. The van der Waals surface area contributed by atoms with Gasteiger partial charge in [0.1, 0.15) is 17.0 Å². The van der Waals surface area contributed by atoms with Gasteiger partial charge in [0.2, 0.25) is 0 Å². The summed E-state index contributed by atoms with van der Waals surface area (Å²) in [6, 6.07) is 7.07. The molecule has 1 amide bonds. The normalized spacial score (nSPS) is 18.1. The number of aromatic nitrogens is 3. The van der Waals surface area contributed by atoms with Gasteiger partial charge in [0.25, 0.3) is 5.91 Å². The average molecular weight is 451 g/mol. The van der Waals surface area contributed by atoms with E-state index in [0.29, 0.717) is 12.2 Å². The van der Waals surface area contributed by atoms with Crippen LogP contribution in [-0.4, -0.2) is 57.8 Å². The molecule has 33 heavy (non-hydrogen) atoms. The number of carbonyl (C=O) groups is 1. The summed E-state index contributed by atoms with van der Waals surface area (Å²) >= 11 is 0. The minimum atomic E-state index is -0.387. The van der Waals surface area contributed by atoms with Crippen LogP contribution in [-0.2, 0) is 13.6 Å². The van der Waals surface area contributed by atoms with Crippen LogP contribution in [0.15, 0.2) is 36.7 Å². The van der Waals surface area contributed by atoms with E-state index in [1.54, 1.807) is 6.07 Å². The number of rotatable bonds is 5. The van der Waals surface area contributed by atoms with E-state index >= 15 is 0 Å². The van der Waals surface area contributed by atoms with E-state index in [4.69, 9.17) is 0 Å². The molecule has 174 valence electrons. The molecule has 2 fully saturated rings. The van der Waals surface area contributed by atoms with E-state index < -0.39 is 0 Å². The molecule has 8 heteroatoms. The van der Waals surface area contributed by atoms with Crippen molar-refractivity contribution >= 4 is 22.5 Å². The van der Waals surface area contributed by atoms with E-state index in [-0.39, 0.29) is 23.3 Å². The summed E-state index contributed by atoms with van der Waals surface area (Å²) in [5.74, 6) is -0.586. The van der Waals surface area contributed by atoms with Crippen LogP contribution >= 0.6 is 0 Å². The lowest BCUT2D eigenvalue weighted by Gasteiger charge is -2.35. The van der Waals surface area contributed by atoms with Crippen molar-refractivity contribution in [3.8, 4) is 0 Å². The fourth-order valence-corrected chi connectivity index (χ4v) is 5.01. The zero-order valence-corrected chi connectivity index (χ0v) is 19.1. The summed E-state index contributed by atoms with van der Waals surface area (Å²) in [5.41, 5.74) is 2.67. The van der Waals surface area contributed by atoms with Gasteiger partial charge in [0.05, 0.1) is 11.9 Å². The van der Waals surface area contributed by atoms with Crippen LogP contribution in [0.5, 0.6) is 0 Å². The van der Waals surface area contributed by atoms with Crippen LogP contribution < -0.4 is 10.2 Å². The molecule has 1 saturated heterocycles. The summed E-state index contributed by atoms with van der Waals surface area (Å²) in [5, 5.41) is 8.17. The van der Waals surface area contributed by atoms with Crippen LogP contribution in [0.4, 0.5) is 10.1 Å². The number of fused-ring (bicyclic) bond motifs is 1. The fraction of sp³-hybridized carbons (Fsp3) is 0.480. The minimum absolute atomic E-state index is 0.188. The van der Waals surface area contributed by atoms with Gasteiger partial charge >= 0.3 is 0 Å². The lowest BCUT2D eigenvalue weighted by atomic mass is 9.95. The van der Waals surface area contributed by atoms with Crippen molar-refractivity contribution in [1.29, 1.82) is 0 Å². The highest BCUT2D eigenvalue weighted by molar-refractivity contribution is 5.96. The molecular formula is C25H31FN6O. The molecular weight excluding hydrogens is 419 g/mol.